The quantitative estimate of drug-likeness (QED) is 0.704. The summed E-state index contributed by atoms with van der Waals surface area (Å²) >= 11 is 6.14. The lowest BCUT2D eigenvalue weighted by Gasteiger charge is -2.38. The minimum atomic E-state index is -0.377. The first-order valence-electron chi connectivity index (χ1n) is 8.71. The topological polar surface area (TPSA) is 58.0 Å². The van der Waals surface area contributed by atoms with Crippen LogP contribution in [-0.4, -0.2) is 20.8 Å². The van der Waals surface area contributed by atoms with Gasteiger partial charge in [0, 0.05) is 40.5 Å². The average Bonchev–Trinajstić information content (AvgIpc) is 3.15. The number of halogens is 1. The number of fused-ring (bicyclic) bond motifs is 3. The van der Waals surface area contributed by atoms with Gasteiger partial charge in [-0.15, -0.1) is 0 Å². The molecule has 6 heteroatoms. The highest BCUT2D eigenvalue weighted by Crippen LogP contribution is 2.47. The first-order valence-corrected chi connectivity index (χ1v) is 9.09. The highest BCUT2D eigenvalue weighted by Gasteiger charge is 2.41. The van der Waals surface area contributed by atoms with E-state index in [1.54, 1.807) is 30.6 Å². The number of nitrogens with zero attached hydrogens (tertiary/aromatic N) is 3. The molecule has 0 unspecified atom stereocenters. The highest BCUT2D eigenvalue weighted by atomic mass is 35.5. The van der Waals surface area contributed by atoms with Crippen LogP contribution in [0.3, 0.4) is 0 Å². The van der Waals surface area contributed by atoms with Gasteiger partial charge in [-0.1, -0.05) is 35.9 Å². The minimum absolute atomic E-state index is 0.0218. The Morgan fingerprint density at radius 2 is 2.00 bits per heavy atom. The number of hydrazone groups is 1. The third-order valence-corrected chi connectivity index (χ3v) is 5.17. The van der Waals surface area contributed by atoms with Crippen molar-refractivity contribution in [2.24, 2.45) is 5.10 Å². The normalized spacial score (nSPS) is 20.5. The van der Waals surface area contributed by atoms with Gasteiger partial charge in [0.2, 0.25) is 6.23 Å². The van der Waals surface area contributed by atoms with Gasteiger partial charge < -0.3 is 9.84 Å². The van der Waals surface area contributed by atoms with Crippen LogP contribution in [0.4, 0.5) is 0 Å². The van der Waals surface area contributed by atoms with Gasteiger partial charge in [0.1, 0.15) is 11.5 Å². The lowest BCUT2D eigenvalue weighted by molar-refractivity contribution is -0.0192. The number of phenols is 1. The van der Waals surface area contributed by atoms with Crippen LogP contribution in [0.5, 0.6) is 11.5 Å². The summed E-state index contributed by atoms with van der Waals surface area (Å²) in [7, 11) is 0. The molecule has 0 saturated heterocycles. The van der Waals surface area contributed by atoms with Crippen molar-refractivity contribution in [1.82, 2.24) is 9.99 Å². The molecule has 27 heavy (non-hydrogen) atoms. The van der Waals surface area contributed by atoms with E-state index >= 15 is 0 Å². The Morgan fingerprint density at radius 3 is 2.85 bits per heavy atom. The Hall–Kier alpha value is -3.05. The average molecular weight is 378 g/mol. The molecule has 134 valence electrons. The smallest absolute Gasteiger partial charge is 0.215 e. The third-order valence-electron chi connectivity index (χ3n) is 4.94. The second-order valence-electron chi connectivity index (χ2n) is 6.60. The molecule has 0 amide bonds. The molecule has 3 aromatic rings. The van der Waals surface area contributed by atoms with Gasteiger partial charge in [0.15, 0.2) is 0 Å². The van der Waals surface area contributed by atoms with Crippen LogP contribution in [0.2, 0.25) is 5.02 Å². The molecule has 0 aliphatic carbocycles. The number of aromatic hydroxyl groups is 1. The zero-order chi connectivity index (χ0) is 18.4. The van der Waals surface area contributed by atoms with Crippen LogP contribution in [0.25, 0.3) is 0 Å². The Bertz CT molecular complexity index is 1040. The number of para-hydroxylation sites is 1. The van der Waals surface area contributed by atoms with Crippen LogP contribution in [0.15, 0.2) is 72.1 Å². The van der Waals surface area contributed by atoms with Crippen molar-refractivity contribution in [1.29, 1.82) is 0 Å². The summed E-state index contributed by atoms with van der Waals surface area (Å²) in [6.45, 7) is 0. The Labute approximate surface area is 161 Å². The van der Waals surface area contributed by atoms with Gasteiger partial charge in [0.25, 0.3) is 0 Å². The van der Waals surface area contributed by atoms with E-state index in [9.17, 15) is 5.11 Å². The number of rotatable bonds is 2. The van der Waals surface area contributed by atoms with Crippen LogP contribution < -0.4 is 4.74 Å². The van der Waals surface area contributed by atoms with Gasteiger partial charge in [-0.3, -0.25) is 4.98 Å². The first-order chi connectivity index (χ1) is 13.2. The molecular weight excluding hydrogens is 362 g/mol. The van der Waals surface area contributed by atoms with E-state index in [0.29, 0.717) is 17.0 Å². The highest BCUT2D eigenvalue weighted by molar-refractivity contribution is 6.31. The molecule has 5 rings (SSSR count). The van der Waals surface area contributed by atoms with Crippen LogP contribution in [0.1, 0.15) is 35.4 Å². The molecule has 1 N–H and O–H groups in total. The zero-order valence-electron chi connectivity index (χ0n) is 14.3. The Balaban J connectivity index is 1.62. The molecule has 0 radical (unpaired) electrons. The summed E-state index contributed by atoms with van der Waals surface area (Å²) < 4.78 is 6.26. The summed E-state index contributed by atoms with van der Waals surface area (Å²) in [6.07, 6.45) is 3.81. The van der Waals surface area contributed by atoms with E-state index in [-0.39, 0.29) is 18.0 Å². The second-order valence-corrected chi connectivity index (χ2v) is 7.04. The number of hydrogen-bond acceptors (Lipinski definition) is 5. The predicted molar refractivity (Wildman–Crippen MR) is 103 cm³/mol. The van der Waals surface area contributed by atoms with E-state index in [0.717, 1.165) is 22.6 Å². The molecular formula is C21H16ClN3O2. The van der Waals surface area contributed by atoms with Crippen molar-refractivity contribution in [3.05, 3.63) is 88.7 Å². The molecule has 1 aromatic heterocycles. The number of hydrogen-bond donors (Lipinski definition) is 1. The van der Waals surface area contributed by atoms with E-state index in [4.69, 9.17) is 21.4 Å². The van der Waals surface area contributed by atoms with Crippen LogP contribution in [0, 0.1) is 0 Å². The molecule has 0 fully saturated rings. The minimum Gasteiger partial charge on any atom is -0.507 e. The van der Waals surface area contributed by atoms with Gasteiger partial charge in [-0.05, 0) is 30.3 Å². The first kappa shape index (κ1) is 16.1. The molecule has 0 bridgehead atoms. The Kier molecular flexibility index (Phi) is 3.76. The van der Waals surface area contributed by atoms with Crippen molar-refractivity contribution >= 4 is 17.3 Å². The lowest BCUT2D eigenvalue weighted by atomic mass is 9.96. The second kappa shape index (κ2) is 6.28. The molecule has 5 nitrogen and oxygen atoms in total. The number of aromatic nitrogens is 1. The van der Waals surface area contributed by atoms with Gasteiger partial charge >= 0.3 is 0 Å². The van der Waals surface area contributed by atoms with Crippen LogP contribution >= 0.6 is 11.6 Å². The molecule has 2 aromatic carbocycles. The molecule has 2 aliphatic rings. The SMILES string of the molecule is Oc1ccc(Cl)cc1C1=NN2[C@@H](c3cccnc3)Oc3ccccc3[C@@H]2C1. The van der Waals surface area contributed by atoms with Gasteiger partial charge in [-0.2, -0.15) is 5.10 Å². The van der Waals surface area contributed by atoms with Crippen LogP contribution in [-0.2, 0) is 0 Å². The summed E-state index contributed by atoms with van der Waals surface area (Å²) in [5, 5.41) is 17.6. The van der Waals surface area contributed by atoms with Crippen molar-refractivity contribution in [3.63, 3.8) is 0 Å². The number of ether oxygens (including phenoxy) is 1. The predicted octanol–water partition coefficient (Wildman–Crippen LogP) is 4.68. The lowest BCUT2D eigenvalue weighted by Crippen LogP contribution is -2.33. The fourth-order valence-electron chi connectivity index (χ4n) is 3.68. The largest absolute Gasteiger partial charge is 0.507 e. The Morgan fingerprint density at radius 1 is 1.11 bits per heavy atom. The van der Waals surface area contributed by atoms with Gasteiger partial charge in [0.05, 0.1) is 11.8 Å². The monoisotopic (exact) mass is 377 g/mol. The standard InChI is InChI=1S/C21H16ClN3O2/c22-14-7-8-19(26)16(10-14)17-11-18-15-5-1-2-6-20(15)27-21(25(18)24-17)13-4-3-9-23-12-13/h1-10,12,18,21,26H,11H2/t18-,21+/m0/s1. The van der Waals surface area contributed by atoms with Crippen molar-refractivity contribution < 1.29 is 9.84 Å². The molecule has 2 aliphatic heterocycles. The molecule has 0 saturated carbocycles. The zero-order valence-corrected chi connectivity index (χ0v) is 15.0. The van der Waals surface area contributed by atoms with E-state index in [1.165, 1.54) is 0 Å². The molecule has 2 atom stereocenters. The van der Waals surface area contributed by atoms with E-state index in [1.807, 2.05) is 35.3 Å². The number of phenolic OH excluding ortho intramolecular Hbond substituents is 1. The fourth-order valence-corrected chi connectivity index (χ4v) is 3.85. The van der Waals surface area contributed by atoms with Gasteiger partial charge in [-0.25, -0.2) is 5.01 Å². The van der Waals surface area contributed by atoms with E-state index < -0.39 is 0 Å². The summed E-state index contributed by atoms with van der Waals surface area (Å²) in [5.74, 6) is 1.02. The van der Waals surface area contributed by atoms with Crippen molar-refractivity contribution in [2.75, 3.05) is 0 Å². The van der Waals surface area contributed by atoms with E-state index in [2.05, 4.69) is 11.1 Å². The maximum Gasteiger partial charge on any atom is 0.215 e. The summed E-state index contributed by atoms with van der Waals surface area (Å²) in [6, 6.07) is 16.9. The molecule has 0 spiro atoms. The number of pyridine rings is 1. The van der Waals surface area contributed by atoms with Crippen molar-refractivity contribution in [2.45, 2.75) is 18.7 Å². The summed E-state index contributed by atoms with van der Waals surface area (Å²) in [5.41, 5.74) is 3.45. The fraction of sp³-hybridized carbons (Fsp3) is 0.143. The molecule has 3 heterocycles. The number of benzene rings is 2. The maximum absolute atomic E-state index is 10.3. The van der Waals surface area contributed by atoms with Crippen molar-refractivity contribution in [3.8, 4) is 11.5 Å². The third kappa shape index (κ3) is 2.71. The maximum atomic E-state index is 10.3. The summed E-state index contributed by atoms with van der Waals surface area (Å²) in [4.78, 5) is 4.22.